The van der Waals surface area contributed by atoms with E-state index in [-0.39, 0.29) is 6.10 Å². The molecule has 1 rings (SSSR count). The van der Waals surface area contributed by atoms with Crippen molar-refractivity contribution in [2.45, 2.75) is 45.0 Å². The Bertz CT molecular complexity index is 380. The largest absolute Gasteiger partial charge is 0.465 e. The second kappa shape index (κ2) is 12.2. The third kappa shape index (κ3) is 9.53. The minimum Gasteiger partial charge on any atom is -0.465 e. The molecule has 0 aromatic heterocycles. The predicted octanol–water partition coefficient (Wildman–Crippen LogP) is 2.91. The van der Waals surface area contributed by atoms with Gasteiger partial charge in [0.25, 0.3) is 6.47 Å². The lowest BCUT2D eigenvalue weighted by atomic mass is 10.0. The van der Waals surface area contributed by atoms with Gasteiger partial charge in [-0.2, -0.15) is 0 Å². The third-order valence-corrected chi connectivity index (χ3v) is 3.14. The zero-order valence-corrected chi connectivity index (χ0v) is 13.1. The Labute approximate surface area is 133 Å². The summed E-state index contributed by atoms with van der Waals surface area (Å²) in [4.78, 5) is 10.1. The number of unbranched alkanes of at least 4 members (excludes halogenated alkanes) is 1. The first-order valence-electron chi connectivity index (χ1n) is 7.63. The number of carbonyl (C=O) groups is 1. The molecule has 0 aliphatic carbocycles. The van der Waals surface area contributed by atoms with Gasteiger partial charge >= 0.3 is 0 Å². The highest BCUT2D eigenvalue weighted by atomic mass is 16.5. The fourth-order valence-corrected chi connectivity index (χ4v) is 1.90. The molecular weight excluding hydrogens is 280 g/mol. The fraction of sp³-hybridized carbons (Fsp3) is 0.444. The molecule has 4 heteroatoms. The first-order valence-corrected chi connectivity index (χ1v) is 7.63. The van der Waals surface area contributed by atoms with Gasteiger partial charge in [-0.15, -0.1) is 0 Å². The number of aliphatic hydroxyl groups excluding tert-OH is 1. The zero-order valence-electron chi connectivity index (χ0n) is 13.1. The molecule has 3 radical (unpaired) electrons. The first-order chi connectivity index (χ1) is 10.7. The van der Waals surface area contributed by atoms with Gasteiger partial charge in [0.2, 0.25) is 0 Å². The Hall–Kier alpha value is -1.39. The predicted molar refractivity (Wildman–Crippen MR) is 85.5 cm³/mol. The minimum absolute atomic E-state index is 0.271. The highest BCUT2D eigenvalue weighted by molar-refractivity contribution is 5.37. The van der Waals surface area contributed by atoms with Crippen molar-refractivity contribution < 1.29 is 19.4 Å². The first kappa shape index (κ1) is 18.7. The molecule has 0 fully saturated rings. The highest BCUT2D eigenvalue weighted by Gasteiger charge is 2.07. The van der Waals surface area contributed by atoms with E-state index in [9.17, 15) is 9.90 Å². The van der Waals surface area contributed by atoms with E-state index in [0.717, 1.165) is 12.8 Å². The zero-order chi connectivity index (χ0) is 16.0. The summed E-state index contributed by atoms with van der Waals surface area (Å²) in [6.45, 7) is 3.50. The van der Waals surface area contributed by atoms with Crippen LogP contribution >= 0.6 is 0 Å². The third-order valence-electron chi connectivity index (χ3n) is 3.14. The van der Waals surface area contributed by atoms with E-state index in [0.29, 0.717) is 26.1 Å². The Morgan fingerprint density at radius 1 is 1.18 bits per heavy atom. The van der Waals surface area contributed by atoms with Gasteiger partial charge in [-0.3, -0.25) is 4.79 Å². The summed E-state index contributed by atoms with van der Waals surface area (Å²) in [6, 6.07) is 10.1. The second-order valence-electron chi connectivity index (χ2n) is 5.12. The van der Waals surface area contributed by atoms with Gasteiger partial charge in [0.1, 0.15) is 6.10 Å². The molecule has 0 bridgehead atoms. The van der Waals surface area contributed by atoms with Gasteiger partial charge in [-0.1, -0.05) is 30.3 Å². The topological polar surface area (TPSA) is 55.8 Å². The smallest absolute Gasteiger partial charge is 0.293 e. The summed E-state index contributed by atoms with van der Waals surface area (Å²) in [7, 11) is 0. The van der Waals surface area contributed by atoms with Gasteiger partial charge in [0.05, 0.1) is 12.7 Å². The van der Waals surface area contributed by atoms with E-state index in [2.05, 4.69) is 0 Å². The molecule has 0 aliphatic rings. The van der Waals surface area contributed by atoms with Crippen LogP contribution in [0.4, 0.5) is 0 Å². The van der Waals surface area contributed by atoms with Crippen LogP contribution in [0.25, 0.3) is 0 Å². The molecule has 0 amide bonds. The molecule has 0 aliphatic heterocycles. The van der Waals surface area contributed by atoms with E-state index in [1.54, 1.807) is 26.2 Å². The SMILES string of the molecule is C[C@H]([CH][CH][CH][C@@H](O)CCCCOCc1ccccc1)OC=O. The lowest BCUT2D eigenvalue weighted by Crippen LogP contribution is -2.12. The van der Waals surface area contributed by atoms with Crippen LogP contribution in [0.15, 0.2) is 30.3 Å². The van der Waals surface area contributed by atoms with Crippen molar-refractivity contribution >= 4 is 6.47 Å². The number of carbonyl (C=O) groups excluding carboxylic acids is 1. The van der Waals surface area contributed by atoms with E-state index >= 15 is 0 Å². The minimum atomic E-state index is -0.478. The lowest BCUT2D eigenvalue weighted by Gasteiger charge is -2.12. The molecule has 2 atom stereocenters. The lowest BCUT2D eigenvalue weighted by molar-refractivity contribution is -0.131. The Morgan fingerprint density at radius 3 is 2.68 bits per heavy atom. The van der Waals surface area contributed by atoms with Crippen molar-refractivity contribution in [2.75, 3.05) is 6.61 Å². The van der Waals surface area contributed by atoms with Crippen molar-refractivity contribution in [1.29, 1.82) is 0 Å². The summed E-state index contributed by atoms with van der Waals surface area (Å²) >= 11 is 0. The molecule has 0 heterocycles. The Kier molecular flexibility index (Phi) is 10.3. The van der Waals surface area contributed by atoms with Crippen LogP contribution in [0.2, 0.25) is 0 Å². The number of hydrogen-bond donors (Lipinski definition) is 1. The Morgan fingerprint density at radius 2 is 1.95 bits per heavy atom. The van der Waals surface area contributed by atoms with Crippen LogP contribution in [0, 0.1) is 19.3 Å². The number of ether oxygens (including phenoxy) is 2. The van der Waals surface area contributed by atoms with Crippen LogP contribution in [0.5, 0.6) is 0 Å². The van der Waals surface area contributed by atoms with Crippen molar-refractivity contribution in [3.05, 3.63) is 55.2 Å². The monoisotopic (exact) mass is 305 g/mol. The average Bonchev–Trinajstić information content (AvgIpc) is 2.52. The molecule has 0 saturated carbocycles. The van der Waals surface area contributed by atoms with Gasteiger partial charge < -0.3 is 14.6 Å². The molecule has 121 valence electrons. The molecule has 22 heavy (non-hydrogen) atoms. The van der Waals surface area contributed by atoms with Crippen LogP contribution < -0.4 is 0 Å². The van der Waals surface area contributed by atoms with E-state index in [4.69, 9.17) is 9.47 Å². The molecular formula is C18H25O4. The normalized spacial score (nSPS) is 13.5. The summed E-state index contributed by atoms with van der Waals surface area (Å²) < 4.78 is 10.3. The van der Waals surface area contributed by atoms with Crippen molar-refractivity contribution in [2.24, 2.45) is 0 Å². The van der Waals surface area contributed by atoms with E-state index in [1.165, 1.54) is 5.56 Å². The molecule has 1 aromatic rings. The molecule has 4 nitrogen and oxygen atoms in total. The number of aliphatic hydroxyl groups is 1. The van der Waals surface area contributed by atoms with Gasteiger partial charge in [0, 0.05) is 13.0 Å². The number of hydrogen-bond acceptors (Lipinski definition) is 4. The maximum Gasteiger partial charge on any atom is 0.293 e. The molecule has 1 N–H and O–H groups in total. The number of benzene rings is 1. The van der Waals surface area contributed by atoms with E-state index in [1.807, 2.05) is 30.3 Å². The quantitative estimate of drug-likeness (QED) is 0.450. The van der Waals surface area contributed by atoms with Crippen LogP contribution in [-0.4, -0.2) is 30.4 Å². The molecule has 1 aromatic carbocycles. The van der Waals surface area contributed by atoms with Crippen molar-refractivity contribution in [3.63, 3.8) is 0 Å². The maximum absolute atomic E-state index is 10.1. The molecule has 0 unspecified atom stereocenters. The second-order valence-corrected chi connectivity index (χ2v) is 5.12. The highest BCUT2D eigenvalue weighted by Crippen LogP contribution is 2.09. The summed E-state index contributed by atoms with van der Waals surface area (Å²) in [5.41, 5.74) is 1.17. The van der Waals surface area contributed by atoms with Gasteiger partial charge in [0.15, 0.2) is 0 Å². The summed E-state index contributed by atoms with van der Waals surface area (Å²) in [6.07, 6.45) is 6.93. The van der Waals surface area contributed by atoms with Gasteiger partial charge in [-0.25, -0.2) is 0 Å². The van der Waals surface area contributed by atoms with E-state index < -0.39 is 6.10 Å². The van der Waals surface area contributed by atoms with Crippen LogP contribution in [0.1, 0.15) is 31.7 Å². The van der Waals surface area contributed by atoms with Crippen molar-refractivity contribution in [1.82, 2.24) is 0 Å². The average molecular weight is 305 g/mol. The Balaban J connectivity index is 1.92. The molecule has 0 spiro atoms. The summed E-state index contributed by atoms with van der Waals surface area (Å²) in [5, 5.41) is 9.77. The summed E-state index contributed by atoms with van der Waals surface area (Å²) in [5.74, 6) is 0. The van der Waals surface area contributed by atoms with Crippen LogP contribution in [0.3, 0.4) is 0 Å². The van der Waals surface area contributed by atoms with Gasteiger partial charge in [-0.05, 0) is 44.6 Å². The van der Waals surface area contributed by atoms with Crippen molar-refractivity contribution in [3.8, 4) is 0 Å². The number of rotatable bonds is 13. The standard InChI is InChI=1S/C18H25O4/c1-16(22-15-19)8-7-12-18(20)11-5-6-13-21-14-17-9-3-2-4-10-17/h2-4,7-10,12,15-16,18,20H,5-6,11,13-14H2,1H3/t16-,18+/m1/s1. The fourth-order valence-electron chi connectivity index (χ4n) is 1.90. The molecule has 0 saturated heterocycles. The maximum atomic E-state index is 10.1. The van der Waals surface area contributed by atoms with Crippen LogP contribution in [-0.2, 0) is 20.9 Å².